The molecule has 1 amide bonds. The molecule has 5 N–H and O–H groups in total. The molecular formula is C24H27N3O7. The number of nitrogens with zero attached hydrogens (tertiary/aromatic N) is 1. The van der Waals surface area contributed by atoms with Gasteiger partial charge >= 0.3 is 0 Å². The molecule has 0 aromatic heterocycles. The molecule has 4 aliphatic rings. The van der Waals surface area contributed by atoms with Gasteiger partial charge in [-0.15, -0.1) is 0 Å². The Bertz CT molecular complexity index is 1180. The molecule has 0 saturated heterocycles. The predicted octanol–water partition coefficient (Wildman–Crippen LogP) is -0.775. The van der Waals surface area contributed by atoms with Crippen molar-refractivity contribution in [2.75, 3.05) is 26.0 Å². The van der Waals surface area contributed by atoms with E-state index >= 15 is 0 Å². The fourth-order valence-corrected chi connectivity index (χ4v) is 6.61. The van der Waals surface area contributed by atoms with Crippen molar-refractivity contribution < 1.29 is 34.2 Å². The first kappa shape index (κ1) is 22.7. The number of fused-ring (bicyclic) bond motifs is 4. The second-order valence-corrected chi connectivity index (χ2v) is 10.1. The topological polar surface area (TPSA) is 167 Å². The maximum absolute atomic E-state index is 13.7. The van der Waals surface area contributed by atoms with E-state index in [9.17, 15) is 34.2 Å². The molecule has 1 aromatic rings. The van der Waals surface area contributed by atoms with Crippen LogP contribution in [0.15, 0.2) is 6.07 Å². The van der Waals surface area contributed by atoms with Crippen LogP contribution in [0.2, 0.25) is 0 Å². The summed E-state index contributed by atoms with van der Waals surface area (Å²) < 4.78 is 0. The minimum Gasteiger partial charge on any atom is -0.505 e. The number of hydrogen-bond acceptors (Lipinski definition) is 9. The number of aliphatic hydroxyl groups is 1. The Morgan fingerprint density at radius 2 is 1.88 bits per heavy atom. The van der Waals surface area contributed by atoms with E-state index in [1.807, 2.05) is 6.07 Å². The Hall–Kier alpha value is -3.11. The summed E-state index contributed by atoms with van der Waals surface area (Å²) in [7, 11) is 3.12. The molecular weight excluding hydrogens is 442 g/mol. The van der Waals surface area contributed by atoms with Gasteiger partial charge in [0.2, 0.25) is 5.91 Å². The lowest BCUT2D eigenvalue weighted by molar-refractivity contribution is -0.181. The number of hydrogen-bond donors (Lipinski definition) is 4. The van der Waals surface area contributed by atoms with Crippen molar-refractivity contribution >= 4 is 34.7 Å². The van der Waals surface area contributed by atoms with Crippen LogP contribution < -0.4 is 11.1 Å². The lowest BCUT2D eigenvalue weighted by atomic mass is 9.52. The smallest absolute Gasteiger partial charge is 0.235 e. The van der Waals surface area contributed by atoms with Crippen molar-refractivity contribution in [3.63, 3.8) is 0 Å². The van der Waals surface area contributed by atoms with Crippen LogP contribution in [0.3, 0.4) is 0 Å². The molecule has 10 heteroatoms. The van der Waals surface area contributed by atoms with Crippen LogP contribution in [0.25, 0.3) is 0 Å². The summed E-state index contributed by atoms with van der Waals surface area (Å²) >= 11 is 0. The summed E-state index contributed by atoms with van der Waals surface area (Å²) in [6.45, 7) is 0.642. The molecule has 1 heterocycles. The zero-order valence-corrected chi connectivity index (χ0v) is 19.0. The van der Waals surface area contributed by atoms with Crippen LogP contribution in [0, 0.1) is 23.7 Å². The first-order valence-corrected chi connectivity index (χ1v) is 11.5. The predicted molar refractivity (Wildman–Crippen MR) is 118 cm³/mol. The van der Waals surface area contributed by atoms with Gasteiger partial charge in [-0.05, 0) is 56.8 Å². The van der Waals surface area contributed by atoms with E-state index in [4.69, 9.17) is 5.73 Å². The fraction of sp³-hybridized carbons (Fsp3) is 0.542. The van der Waals surface area contributed by atoms with Crippen LogP contribution in [-0.2, 0) is 32.0 Å². The number of nitrogens with two attached hydrogens (primary N) is 1. The Morgan fingerprint density at radius 3 is 2.53 bits per heavy atom. The average Bonchev–Trinajstić information content (AvgIpc) is 2.76. The summed E-state index contributed by atoms with van der Waals surface area (Å²) in [6.07, 6.45) is 1.97. The third-order valence-corrected chi connectivity index (χ3v) is 8.06. The van der Waals surface area contributed by atoms with E-state index in [-0.39, 0.29) is 24.2 Å². The number of ketones is 4. The zero-order valence-electron chi connectivity index (χ0n) is 19.0. The Morgan fingerprint density at radius 1 is 1.18 bits per heavy atom. The Kier molecular flexibility index (Phi) is 4.96. The van der Waals surface area contributed by atoms with E-state index in [0.717, 1.165) is 18.4 Å². The zero-order chi connectivity index (χ0) is 24.7. The number of carbonyl (C=O) groups excluding carboxylic acids is 5. The van der Waals surface area contributed by atoms with Gasteiger partial charge in [-0.1, -0.05) is 6.07 Å². The summed E-state index contributed by atoms with van der Waals surface area (Å²) in [5, 5.41) is 25.5. The maximum Gasteiger partial charge on any atom is 0.235 e. The van der Waals surface area contributed by atoms with Gasteiger partial charge < -0.3 is 21.3 Å². The minimum absolute atomic E-state index is 0.0275. The molecule has 0 spiro atoms. The summed E-state index contributed by atoms with van der Waals surface area (Å²) in [4.78, 5) is 67.0. The number of benzene rings is 1. The molecule has 10 nitrogen and oxygen atoms in total. The first-order valence-electron chi connectivity index (χ1n) is 11.5. The van der Waals surface area contributed by atoms with Gasteiger partial charge in [-0.25, -0.2) is 0 Å². The van der Waals surface area contributed by atoms with Crippen molar-refractivity contribution in [3.05, 3.63) is 22.8 Å². The number of phenols is 1. The van der Waals surface area contributed by atoms with Crippen LogP contribution in [0.1, 0.15) is 34.3 Å². The molecule has 2 fully saturated rings. The molecule has 1 aromatic carbocycles. The van der Waals surface area contributed by atoms with E-state index in [1.165, 1.54) is 4.90 Å². The van der Waals surface area contributed by atoms with Crippen LogP contribution in [0.4, 0.5) is 5.69 Å². The number of anilines is 1. The normalized spacial score (nSPS) is 34.6. The van der Waals surface area contributed by atoms with Crippen molar-refractivity contribution in [3.8, 4) is 5.75 Å². The summed E-state index contributed by atoms with van der Waals surface area (Å²) in [5.74, 6) is -10.1. The van der Waals surface area contributed by atoms with Crippen molar-refractivity contribution in [1.29, 1.82) is 0 Å². The Labute approximate surface area is 195 Å². The Balaban J connectivity index is 1.64. The molecule has 34 heavy (non-hydrogen) atoms. The SMILES string of the molecule is CN(C)[C@@H]1C(=O)C(C(N)=O)C(=O)[C@@]2(O)C(=O)C3C(=O)c4c(cc5c(c4O)NCCC5)C[C@H]3C[C@@H]12. The summed E-state index contributed by atoms with van der Waals surface area (Å²) in [6, 6.07) is 0.780. The highest BCUT2D eigenvalue weighted by Gasteiger charge is 2.69. The highest BCUT2D eigenvalue weighted by molar-refractivity contribution is 6.32. The third-order valence-electron chi connectivity index (χ3n) is 8.06. The number of primary amides is 1. The fourth-order valence-electron chi connectivity index (χ4n) is 6.61. The summed E-state index contributed by atoms with van der Waals surface area (Å²) in [5.41, 5.74) is 4.63. The second-order valence-electron chi connectivity index (χ2n) is 10.1. The van der Waals surface area contributed by atoms with E-state index in [1.54, 1.807) is 14.1 Å². The number of rotatable bonds is 2. The van der Waals surface area contributed by atoms with Gasteiger partial charge in [0.05, 0.1) is 23.2 Å². The van der Waals surface area contributed by atoms with Crippen molar-refractivity contribution in [1.82, 2.24) is 4.90 Å². The monoisotopic (exact) mass is 469 g/mol. The molecule has 0 bridgehead atoms. The van der Waals surface area contributed by atoms with E-state index in [0.29, 0.717) is 17.8 Å². The standard InChI is InChI=1S/C24H27N3O7/c1-27(2)17-12-8-11-7-10-6-9-4-3-5-26-16(9)19(29)13(10)18(28)14(11)21(31)24(12,34)22(32)15(20(17)30)23(25)33/h6,11-12,14-15,17,26,29,34H,3-5,7-8H2,1-2H3,(H2,25,33)/t11-,12-,14?,15?,17-,24-/m0/s1. The van der Waals surface area contributed by atoms with Gasteiger partial charge in [-0.3, -0.25) is 28.9 Å². The van der Waals surface area contributed by atoms with Crippen LogP contribution >= 0.6 is 0 Å². The number of amides is 1. The van der Waals surface area contributed by atoms with Gasteiger partial charge in [-0.2, -0.15) is 0 Å². The van der Waals surface area contributed by atoms with Gasteiger partial charge in [0.15, 0.2) is 34.7 Å². The molecule has 6 atom stereocenters. The number of aromatic hydroxyl groups is 1. The van der Waals surface area contributed by atoms with Crippen LogP contribution in [-0.4, -0.2) is 76.4 Å². The van der Waals surface area contributed by atoms with E-state index in [2.05, 4.69) is 5.32 Å². The molecule has 0 radical (unpaired) electrons. The van der Waals surface area contributed by atoms with Gasteiger partial charge in [0.1, 0.15) is 5.75 Å². The molecule has 2 unspecified atom stereocenters. The highest BCUT2D eigenvalue weighted by Crippen LogP contribution is 2.51. The van der Waals surface area contributed by atoms with Crippen molar-refractivity contribution in [2.45, 2.75) is 37.3 Å². The number of phenolic OH excluding ortho intramolecular Hbond substituents is 1. The lowest BCUT2D eigenvalue weighted by Crippen LogP contribution is -2.74. The molecule has 3 aliphatic carbocycles. The number of Topliss-reactive ketones (excluding diaryl/α,β-unsaturated/α-hetero) is 4. The number of carbonyl (C=O) groups is 5. The van der Waals surface area contributed by atoms with Crippen molar-refractivity contribution in [2.24, 2.45) is 29.4 Å². The molecule has 1 aliphatic heterocycles. The lowest BCUT2D eigenvalue weighted by Gasteiger charge is -2.52. The van der Waals surface area contributed by atoms with Gasteiger partial charge in [0.25, 0.3) is 0 Å². The van der Waals surface area contributed by atoms with Crippen LogP contribution in [0.5, 0.6) is 5.75 Å². The number of likely N-dealkylation sites (N-methyl/N-ethyl adjacent to an activating group) is 1. The maximum atomic E-state index is 13.7. The first-order chi connectivity index (χ1) is 16.0. The number of aryl methyl sites for hydroxylation is 1. The quantitative estimate of drug-likeness (QED) is 0.321. The molecule has 5 rings (SSSR count). The second kappa shape index (κ2) is 7.44. The van der Waals surface area contributed by atoms with Gasteiger partial charge in [0, 0.05) is 12.5 Å². The molecule has 2 saturated carbocycles. The number of nitrogens with one attached hydrogen (secondary N) is 1. The van der Waals surface area contributed by atoms with E-state index < -0.39 is 64.4 Å². The average molecular weight is 469 g/mol. The highest BCUT2D eigenvalue weighted by atomic mass is 16.3. The third kappa shape index (κ3) is 2.78. The largest absolute Gasteiger partial charge is 0.505 e. The molecule has 180 valence electrons. The minimum atomic E-state index is -2.70.